The summed E-state index contributed by atoms with van der Waals surface area (Å²) in [5.41, 5.74) is 5.83. The molecule has 0 fully saturated rings. The van der Waals surface area contributed by atoms with Gasteiger partial charge in [0.2, 0.25) is 11.8 Å². The first-order chi connectivity index (χ1) is 15.9. The summed E-state index contributed by atoms with van der Waals surface area (Å²) < 4.78 is 1.82. The van der Waals surface area contributed by atoms with Crippen molar-refractivity contribution in [3.8, 4) is 0 Å². The second-order valence-corrected chi connectivity index (χ2v) is 8.34. The van der Waals surface area contributed by atoms with Crippen molar-refractivity contribution < 1.29 is 9.59 Å². The highest BCUT2D eigenvalue weighted by molar-refractivity contribution is 5.99. The second kappa shape index (κ2) is 9.69. The van der Waals surface area contributed by atoms with Gasteiger partial charge in [-0.3, -0.25) is 9.59 Å². The Balaban J connectivity index is 1.55. The zero-order chi connectivity index (χ0) is 23.4. The molecule has 6 nitrogen and oxygen atoms in total. The molecule has 0 spiro atoms. The molecule has 0 aliphatic rings. The molecule has 168 valence electrons. The van der Waals surface area contributed by atoms with Crippen LogP contribution in [0, 0.1) is 13.8 Å². The van der Waals surface area contributed by atoms with Gasteiger partial charge in [-0.25, -0.2) is 4.98 Å². The van der Waals surface area contributed by atoms with Crippen LogP contribution in [0.4, 0.5) is 5.69 Å². The molecule has 0 saturated carbocycles. The third-order valence-electron chi connectivity index (χ3n) is 5.94. The summed E-state index contributed by atoms with van der Waals surface area (Å²) in [6.45, 7) is 4.18. The van der Waals surface area contributed by atoms with E-state index in [1.807, 2.05) is 91.2 Å². The van der Waals surface area contributed by atoms with E-state index < -0.39 is 6.04 Å². The summed E-state index contributed by atoms with van der Waals surface area (Å²) in [5.74, 6) is -0.399. The maximum atomic E-state index is 13.4. The second-order valence-electron chi connectivity index (χ2n) is 8.34. The number of aromatic nitrogens is 2. The van der Waals surface area contributed by atoms with Crippen molar-refractivity contribution in [2.24, 2.45) is 0 Å². The Hall–Kier alpha value is -3.93. The number of hydrogen-bond donors (Lipinski definition) is 1. The summed E-state index contributed by atoms with van der Waals surface area (Å²) in [6.07, 6.45) is 2.08. The van der Waals surface area contributed by atoms with Gasteiger partial charge in [-0.05, 0) is 54.8 Å². The Morgan fingerprint density at radius 1 is 0.970 bits per heavy atom. The smallest absolute Gasteiger partial charge is 0.249 e. The summed E-state index contributed by atoms with van der Waals surface area (Å²) in [4.78, 5) is 32.4. The van der Waals surface area contributed by atoms with Gasteiger partial charge < -0.3 is 14.8 Å². The van der Waals surface area contributed by atoms with Gasteiger partial charge in [0, 0.05) is 19.2 Å². The molecule has 0 unspecified atom stereocenters. The van der Waals surface area contributed by atoms with Crippen molar-refractivity contribution >= 4 is 28.5 Å². The fraction of sp³-hybridized carbons (Fsp3) is 0.222. The average molecular weight is 441 g/mol. The van der Waals surface area contributed by atoms with Gasteiger partial charge in [-0.1, -0.05) is 48.5 Å². The Bertz CT molecular complexity index is 1270. The van der Waals surface area contributed by atoms with Crippen molar-refractivity contribution in [3.63, 3.8) is 0 Å². The first-order valence-electron chi connectivity index (χ1n) is 11.0. The first kappa shape index (κ1) is 22.3. The van der Waals surface area contributed by atoms with Crippen LogP contribution in [-0.4, -0.2) is 34.5 Å². The van der Waals surface area contributed by atoms with E-state index in [0.717, 1.165) is 33.4 Å². The summed E-state index contributed by atoms with van der Waals surface area (Å²) in [6, 6.07) is 22.5. The van der Waals surface area contributed by atoms with Gasteiger partial charge in [0.1, 0.15) is 12.6 Å². The maximum Gasteiger partial charge on any atom is 0.249 e. The van der Waals surface area contributed by atoms with E-state index in [1.165, 1.54) is 0 Å². The Morgan fingerprint density at radius 2 is 1.61 bits per heavy atom. The van der Waals surface area contributed by atoms with Gasteiger partial charge in [0.15, 0.2) is 0 Å². The summed E-state index contributed by atoms with van der Waals surface area (Å²) in [5, 5.41) is 2.97. The number of amides is 2. The largest absolute Gasteiger partial charge is 0.342 e. The van der Waals surface area contributed by atoms with Crippen molar-refractivity contribution in [1.82, 2.24) is 14.9 Å². The predicted octanol–water partition coefficient (Wildman–Crippen LogP) is 4.04. The van der Waals surface area contributed by atoms with E-state index in [4.69, 9.17) is 0 Å². The van der Waals surface area contributed by atoms with E-state index in [1.54, 1.807) is 18.3 Å². The van der Waals surface area contributed by atoms with Crippen molar-refractivity contribution in [2.75, 3.05) is 11.9 Å². The highest BCUT2D eigenvalue weighted by Crippen LogP contribution is 2.19. The molecule has 1 N–H and O–H groups in total. The highest BCUT2D eigenvalue weighted by Gasteiger charge is 2.25. The number of rotatable bonds is 7. The standard InChI is InChI=1S/C27H28N4O2/c1-19-14-23-25(15-20(19)2)31(18-28-23)17-26(32)29-24(16-21-10-6-4-7-11-21)27(33)30(3)22-12-8-5-9-13-22/h4-15,18,24H,16-17H2,1-3H3,(H,29,32)/t24-/m0/s1. The number of benzene rings is 3. The van der Waals surface area contributed by atoms with Crippen molar-refractivity contribution in [2.45, 2.75) is 32.9 Å². The van der Waals surface area contributed by atoms with E-state index in [9.17, 15) is 9.59 Å². The first-order valence-corrected chi connectivity index (χ1v) is 11.0. The van der Waals surface area contributed by atoms with Gasteiger partial charge in [0.05, 0.1) is 17.4 Å². The third kappa shape index (κ3) is 5.12. The number of likely N-dealkylation sites (N-methyl/N-ethyl adjacent to an activating group) is 1. The van der Waals surface area contributed by atoms with Gasteiger partial charge in [-0.15, -0.1) is 0 Å². The molecule has 1 heterocycles. The molecule has 3 aromatic carbocycles. The van der Waals surface area contributed by atoms with Crippen molar-refractivity contribution in [1.29, 1.82) is 0 Å². The van der Waals surface area contributed by atoms with Gasteiger partial charge in [-0.2, -0.15) is 0 Å². The van der Waals surface area contributed by atoms with Crippen LogP contribution >= 0.6 is 0 Å². The van der Waals surface area contributed by atoms with Crippen LogP contribution in [0.15, 0.2) is 79.1 Å². The SMILES string of the molecule is Cc1cc2ncn(CC(=O)N[C@@H](Cc3ccccc3)C(=O)N(C)c3ccccc3)c2cc1C. The number of nitrogens with zero attached hydrogens (tertiary/aromatic N) is 3. The lowest BCUT2D eigenvalue weighted by Gasteiger charge is -2.25. The third-order valence-corrected chi connectivity index (χ3v) is 5.94. The van der Waals surface area contributed by atoms with Crippen LogP contribution in [0.3, 0.4) is 0 Å². The molecular weight excluding hydrogens is 412 g/mol. The fourth-order valence-corrected chi connectivity index (χ4v) is 3.90. The van der Waals surface area contributed by atoms with Crippen molar-refractivity contribution in [3.05, 3.63) is 95.8 Å². The summed E-state index contributed by atoms with van der Waals surface area (Å²) >= 11 is 0. The highest BCUT2D eigenvalue weighted by atomic mass is 16.2. The van der Waals surface area contributed by atoms with Crippen LogP contribution in [0.2, 0.25) is 0 Å². The van der Waals surface area contributed by atoms with Crippen LogP contribution in [0.1, 0.15) is 16.7 Å². The molecule has 6 heteroatoms. The molecule has 33 heavy (non-hydrogen) atoms. The maximum absolute atomic E-state index is 13.4. The molecule has 4 aromatic rings. The lowest BCUT2D eigenvalue weighted by atomic mass is 10.0. The number of carbonyl (C=O) groups excluding carboxylic acids is 2. The van der Waals surface area contributed by atoms with Crippen LogP contribution < -0.4 is 10.2 Å². The van der Waals surface area contributed by atoms with Gasteiger partial charge in [0.25, 0.3) is 0 Å². The van der Waals surface area contributed by atoms with Gasteiger partial charge >= 0.3 is 0 Å². The minimum absolute atomic E-state index is 0.0899. The number of nitrogens with one attached hydrogen (secondary N) is 1. The number of fused-ring (bicyclic) bond motifs is 1. The number of aryl methyl sites for hydroxylation is 2. The molecule has 4 rings (SSSR count). The molecule has 0 aliphatic carbocycles. The zero-order valence-corrected chi connectivity index (χ0v) is 19.2. The van der Waals surface area contributed by atoms with E-state index >= 15 is 0 Å². The lowest BCUT2D eigenvalue weighted by Crippen LogP contribution is -2.49. The normalized spacial score (nSPS) is 11.8. The van der Waals surface area contributed by atoms with Crippen LogP contribution in [0.25, 0.3) is 11.0 Å². The van der Waals surface area contributed by atoms with E-state index in [-0.39, 0.29) is 18.4 Å². The molecule has 0 saturated heterocycles. The zero-order valence-electron chi connectivity index (χ0n) is 19.2. The Kier molecular flexibility index (Phi) is 6.54. The number of para-hydroxylation sites is 1. The number of hydrogen-bond acceptors (Lipinski definition) is 3. The lowest BCUT2D eigenvalue weighted by molar-refractivity contribution is -0.127. The number of carbonyl (C=O) groups is 2. The molecule has 0 radical (unpaired) electrons. The quantitative estimate of drug-likeness (QED) is 0.472. The van der Waals surface area contributed by atoms with Crippen LogP contribution in [0.5, 0.6) is 0 Å². The molecule has 1 atom stereocenters. The minimum Gasteiger partial charge on any atom is -0.342 e. The molecular formula is C27H28N4O2. The Morgan fingerprint density at radius 3 is 2.30 bits per heavy atom. The summed E-state index contributed by atoms with van der Waals surface area (Å²) in [7, 11) is 1.73. The van der Waals surface area contributed by atoms with Crippen LogP contribution in [-0.2, 0) is 22.6 Å². The molecule has 1 aromatic heterocycles. The van der Waals surface area contributed by atoms with E-state index in [2.05, 4.69) is 10.3 Å². The number of anilines is 1. The number of imidazole rings is 1. The average Bonchev–Trinajstić information content (AvgIpc) is 3.20. The van der Waals surface area contributed by atoms with E-state index in [0.29, 0.717) is 6.42 Å². The molecule has 2 amide bonds. The minimum atomic E-state index is -0.691. The monoisotopic (exact) mass is 440 g/mol. The fourth-order valence-electron chi connectivity index (χ4n) is 3.90. The topological polar surface area (TPSA) is 67.2 Å². The predicted molar refractivity (Wildman–Crippen MR) is 131 cm³/mol. The Labute approximate surface area is 193 Å². The molecule has 0 bridgehead atoms. The molecule has 0 aliphatic heterocycles.